The van der Waals surface area contributed by atoms with Crippen LogP contribution in [0, 0.1) is 11.3 Å². The fourth-order valence-corrected chi connectivity index (χ4v) is 2.40. The lowest BCUT2D eigenvalue weighted by molar-refractivity contribution is 0.175. The number of rotatable bonds is 8. The Balaban J connectivity index is 2.37. The summed E-state index contributed by atoms with van der Waals surface area (Å²) in [6, 6.07) is 0. The van der Waals surface area contributed by atoms with E-state index in [2.05, 4.69) is 24.2 Å². The van der Waals surface area contributed by atoms with Gasteiger partial charge in [-0.2, -0.15) is 0 Å². The van der Waals surface area contributed by atoms with Gasteiger partial charge in [-0.15, -0.1) is 0 Å². The molecular weight excluding hydrogens is 226 g/mol. The molecule has 0 radical (unpaired) electrons. The van der Waals surface area contributed by atoms with Gasteiger partial charge in [-0.25, -0.2) is 0 Å². The molecule has 0 heterocycles. The first kappa shape index (κ1) is 15.3. The lowest BCUT2D eigenvalue weighted by atomic mass is 9.79. The largest absolute Gasteiger partial charge is 0.396 e. The maximum absolute atomic E-state index is 9.15. The Morgan fingerprint density at radius 3 is 2.50 bits per heavy atom. The third-order valence-corrected chi connectivity index (χ3v) is 4.52. The van der Waals surface area contributed by atoms with Crippen molar-refractivity contribution in [3.8, 4) is 0 Å². The zero-order chi connectivity index (χ0) is 13.4. The summed E-state index contributed by atoms with van der Waals surface area (Å²) in [4.78, 5) is 4.46. The normalized spacial score (nSPS) is 17.6. The van der Waals surface area contributed by atoms with Crippen LogP contribution in [0.2, 0.25) is 0 Å². The highest BCUT2D eigenvalue weighted by molar-refractivity contribution is 5.77. The molecule has 18 heavy (non-hydrogen) atoms. The summed E-state index contributed by atoms with van der Waals surface area (Å²) in [7, 11) is 0. The van der Waals surface area contributed by atoms with E-state index in [1.54, 1.807) is 0 Å². The molecule has 1 rings (SSSR count). The maximum atomic E-state index is 9.15. The van der Waals surface area contributed by atoms with E-state index in [0.717, 1.165) is 31.7 Å². The Bertz CT molecular complexity index is 258. The predicted octanol–water partition coefficient (Wildman–Crippen LogP) is 1.88. The van der Waals surface area contributed by atoms with Crippen LogP contribution < -0.4 is 11.1 Å². The summed E-state index contributed by atoms with van der Waals surface area (Å²) in [5.74, 6) is 1.35. The standard InChI is InChI=1S/C14H29N3O/c1-3-14(4-2,8-9-18)11-17-13(15)16-10-12-6-5-7-12/h12,18H,3-11H2,1-2H3,(H3,15,16,17). The first-order valence-electron chi connectivity index (χ1n) is 7.30. The summed E-state index contributed by atoms with van der Waals surface area (Å²) in [5.41, 5.74) is 6.00. The van der Waals surface area contributed by atoms with Crippen molar-refractivity contribution >= 4 is 5.96 Å². The highest BCUT2D eigenvalue weighted by Gasteiger charge is 2.25. The molecule has 0 saturated heterocycles. The van der Waals surface area contributed by atoms with E-state index in [-0.39, 0.29) is 12.0 Å². The van der Waals surface area contributed by atoms with Crippen LogP contribution in [-0.2, 0) is 0 Å². The van der Waals surface area contributed by atoms with Crippen LogP contribution >= 0.6 is 0 Å². The highest BCUT2D eigenvalue weighted by Crippen LogP contribution is 2.30. The van der Waals surface area contributed by atoms with Crippen LogP contribution in [0.5, 0.6) is 0 Å². The van der Waals surface area contributed by atoms with Crippen molar-refractivity contribution in [2.45, 2.75) is 52.4 Å². The Hall–Kier alpha value is -0.770. The van der Waals surface area contributed by atoms with Gasteiger partial charge in [0.05, 0.1) is 0 Å². The van der Waals surface area contributed by atoms with Gasteiger partial charge in [0, 0.05) is 19.7 Å². The minimum Gasteiger partial charge on any atom is -0.396 e. The molecule has 0 aliphatic heterocycles. The monoisotopic (exact) mass is 255 g/mol. The molecular formula is C14H29N3O. The van der Waals surface area contributed by atoms with E-state index in [4.69, 9.17) is 10.8 Å². The zero-order valence-electron chi connectivity index (χ0n) is 11.9. The molecule has 4 heteroatoms. The van der Waals surface area contributed by atoms with Gasteiger partial charge < -0.3 is 16.2 Å². The van der Waals surface area contributed by atoms with Gasteiger partial charge in [-0.1, -0.05) is 20.3 Å². The van der Waals surface area contributed by atoms with Crippen molar-refractivity contribution in [2.75, 3.05) is 19.7 Å². The smallest absolute Gasteiger partial charge is 0.188 e. The number of aliphatic hydroxyl groups excluding tert-OH is 1. The molecule has 0 aromatic heterocycles. The number of aliphatic imine (C=N–C) groups is 1. The van der Waals surface area contributed by atoms with Crippen molar-refractivity contribution in [3.05, 3.63) is 0 Å². The third kappa shape index (κ3) is 4.48. The van der Waals surface area contributed by atoms with Crippen LogP contribution in [0.3, 0.4) is 0 Å². The van der Waals surface area contributed by atoms with Gasteiger partial charge in [0.15, 0.2) is 5.96 Å². The highest BCUT2D eigenvalue weighted by atomic mass is 16.3. The second-order valence-corrected chi connectivity index (χ2v) is 5.56. The summed E-state index contributed by atoms with van der Waals surface area (Å²) in [6.45, 7) is 6.22. The second-order valence-electron chi connectivity index (χ2n) is 5.56. The van der Waals surface area contributed by atoms with Crippen LogP contribution in [0.15, 0.2) is 4.99 Å². The van der Waals surface area contributed by atoms with E-state index in [9.17, 15) is 0 Å². The van der Waals surface area contributed by atoms with Gasteiger partial charge in [0.2, 0.25) is 0 Å². The Morgan fingerprint density at radius 1 is 1.39 bits per heavy atom. The van der Waals surface area contributed by atoms with Crippen molar-refractivity contribution in [2.24, 2.45) is 22.1 Å². The third-order valence-electron chi connectivity index (χ3n) is 4.52. The quantitative estimate of drug-likeness (QED) is 0.458. The van der Waals surface area contributed by atoms with Gasteiger partial charge in [0.1, 0.15) is 0 Å². The maximum Gasteiger partial charge on any atom is 0.188 e. The van der Waals surface area contributed by atoms with Crippen molar-refractivity contribution < 1.29 is 5.11 Å². The van der Waals surface area contributed by atoms with Gasteiger partial charge in [-0.3, -0.25) is 4.99 Å². The molecule has 1 fully saturated rings. The Morgan fingerprint density at radius 2 is 2.06 bits per heavy atom. The number of nitrogens with zero attached hydrogens (tertiary/aromatic N) is 1. The summed E-state index contributed by atoms with van der Waals surface area (Å²) >= 11 is 0. The molecule has 4 nitrogen and oxygen atoms in total. The van der Waals surface area contributed by atoms with E-state index < -0.39 is 0 Å². The van der Waals surface area contributed by atoms with E-state index in [1.165, 1.54) is 19.3 Å². The number of hydrogen-bond donors (Lipinski definition) is 3. The Labute approximate surface area is 111 Å². The molecule has 106 valence electrons. The average Bonchev–Trinajstić information content (AvgIpc) is 2.33. The topological polar surface area (TPSA) is 70.6 Å². The molecule has 4 N–H and O–H groups in total. The summed E-state index contributed by atoms with van der Waals surface area (Å²) in [6.07, 6.45) is 6.86. The molecule has 1 aliphatic rings. The van der Waals surface area contributed by atoms with Crippen molar-refractivity contribution in [3.63, 3.8) is 0 Å². The molecule has 0 amide bonds. The molecule has 0 bridgehead atoms. The average molecular weight is 255 g/mol. The zero-order valence-corrected chi connectivity index (χ0v) is 11.9. The molecule has 0 aromatic carbocycles. The van der Waals surface area contributed by atoms with Crippen molar-refractivity contribution in [1.29, 1.82) is 0 Å². The second kappa shape index (κ2) is 7.62. The minimum absolute atomic E-state index is 0.109. The number of nitrogens with two attached hydrogens (primary N) is 1. The number of hydrogen-bond acceptors (Lipinski definition) is 2. The van der Waals surface area contributed by atoms with Gasteiger partial charge in [0.25, 0.3) is 0 Å². The summed E-state index contributed by atoms with van der Waals surface area (Å²) in [5, 5.41) is 12.4. The summed E-state index contributed by atoms with van der Waals surface area (Å²) < 4.78 is 0. The predicted molar refractivity (Wildman–Crippen MR) is 76.6 cm³/mol. The first-order chi connectivity index (χ1) is 8.65. The molecule has 1 saturated carbocycles. The van der Waals surface area contributed by atoms with Gasteiger partial charge >= 0.3 is 0 Å². The SMILES string of the molecule is CCC(CC)(CCO)CN=C(N)NCC1CCC1. The first-order valence-corrected chi connectivity index (χ1v) is 7.30. The van der Waals surface area contributed by atoms with Crippen molar-refractivity contribution in [1.82, 2.24) is 5.32 Å². The number of aliphatic hydroxyl groups is 1. The minimum atomic E-state index is 0.109. The van der Waals surface area contributed by atoms with E-state index >= 15 is 0 Å². The molecule has 0 spiro atoms. The molecule has 1 aliphatic carbocycles. The van der Waals surface area contributed by atoms with Crippen LogP contribution in [-0.4, -0.2) is 30.8 Å². The number of nitrogens with one attached hydrogen (secondary N) is 1. The van der Waals surface area contributed by atoms with Gasteiger partial charge in [-0.05, 0) is 43.4 Å². The fraction of sp³-hybridized carbons (Fsp3) is 0.929. The molecule has 0 atom stereocenters. The fourth-order valence-electron chi connectivity index (χ4n) is 2.40. The van der Waals surface area contributed by atoms with Crippen LogP contribution in [0.25, 0.3) is 0 Å². The van der Waals surface area contributed by atoms with E-state index in [1.807, 2.05) is 0 Å². The lowest BCUT2D eigenvalue weighted by Crippen LogP contribution is -2.38. The number of guanidine groups is 1. The molecule has 0 aromatic rings. The molecule has 0 unspecified atom stereocenters. The van der Waals surface area contributed by atoms with Crippen LogP contribution in [0.4, 0.5) is 0 Å². The van der Waals surface area contributed by atoms with Crippen LogP contribution in [0.1, 0.15) is 52.4 Å². The van der Waals surface area contributed by atoms with E-state index in [0.29, 0.717) is 12.5 Å². The Kier molecular flexibility index (Phi) is 6.47. The lowest BCUT2D eigenvalue weighted by Gasteiger charge is -2.29.